The maximum Gasteiger partial charge on any atom is 0.326 e. The number of carboxylic acid groups (broad SMARTS) is 1. The van der Waals surface area contributed by atoms with Crippen LogP contribution in [0, 0.1) is 0 Å². The number of aliphatic carboxylic acids is 1. The molecular weight excluding hydrogens is 472 g/mol. The number of benzene rings is 2. The van der Waals surface area contributed by atoms with Gasteiger partial charge in [-0.3, -0.25) is 14.9 Å². The van der Waals surface area contributed by atoms with Gasteiger partial charge >= 0.3 is 5.97 Å². The number of hydrogen-bond acceptors (Lipinski definition) is 6. The number of rotatable bonds is 11. The molecule has 3 rings (SSSR count). The Labute approximate surface area is 208 Å². The van der Waals surface area contributed by atoms with Crippen LogP contribution in [0.1, 0.15) is 29.6 Å². The van der Waals surface area contributed by atoms with Gasteiger partial charge in [-0.25, -0.2) is 4.79 Å². The van der Waals surface area contributed by atoms with Crippen molar-refractivity contribution in [3.05, 3.63) is 54.1 Å². The zero-order valence-electron chi connectivity index (χ0n) is 18.8. The van der Waals surface area contributed by atoms with Crippen molar-refractivity contribution in [2.45, 2.75) is 31.5 Å². The molecule has 1 fully saturated rings. The summed E-state index contributed by atoms with van der Waals surface area (Å²) in [6, 6.07) is 13.7. The van der Waals surface area contributed by atoms with Gasteiger partial charge in [0.15, 0.2) is 0 Å². The molecule has 1 aliphatic heterocycles. The molecule has 5 N–H and O–H groups in total. The molecule has 8 nitrogen and oxygen atoms in total. The smallest absolute Gasteiger partial charge is 0.326 e. The summed E-state index contributed by atoms with van der Waals surface area (Å²) < 4.78 is 0. The summed E-state index contributed by atoms with van der Waals surface area (Å²) >= 11 is 6.97. The van der Waals surface area contributed by atoms with Crippen LogP contribution in [0.5, 0.6) is 0 Å². The summed E-state index contributed by atoms with van der Waals surface area (Å²) in [6.45, 7) is 0.388. The Bertz CT molecular complexity index is 1050. The minimum absolute atomic E-state index is 0.0244. The molecule has 0 radical (unpaired) electrons. The van der Waals surface area contributed by atoms with Gasteiger partial charge < -0.3 is 21.1 Å². The quantitative estimate of drug-likeness (QED) is 0.299. The Kier molecular flexibility index (Phi) is 9.43. The van der Waals surface area contributed by atoms with Crippen molar-refractivity contribution in [2.75, 3.05) is 23.9 Å². The highest BCUT2D eigenvalue weighted by Crippen LogP contribution is 2.27. The van der Waals surface area contributed by atoms with E-state index in [0.29, 0.717) is 46.9 Å². The zero-order chi connectivity index (χ0) is 24.5. The standard InChI is InChI=1S/C24H28N4O4S2/c1-34-12-11-19(24(31)32)27-23(30)17-8-7-16(13-18(17)15-5-3-2-4-6-15)26-22(33)14-25-20-9-10-21(29)28-20/h2-8,13,19-20,25H,9-12,14H2,1H3,(H,26,33)(H,27,30)(H,28,29)(H,31,32)/t19-,20-/m0/s1. The fourth-order valence-corrected chi connectivity index (χ4v) is 4.27. The normalized spacial score (nSPS) is 15.9. The number of carbonyl (C=O) groups is 3. The van der Waals surface area contributed by atoms with Gasteiger partial charge in [-0.05, 0) is 54.2 Å². The van der Waals surface area contributed by atoms with Crippen LogP contribution in [-0.4, -0.2) is 58.6 Å². The molecule has 2 amide bonds. The Hall–Kier alpha value is -2.95. The summed E-state index contributed by atoms with van der Waals surface area (Å²) in [5, 5.41) is 21.3. The maximum absolute atomic E-state index is 13.1. The van der Waals surface area contributed by atoms with E-state index in [1.54, 1.807) is 12.1 Å². The van der Waals surface area contributed by atoms with Crippen molar-refractivity contribution in [1.82, 2.24) is 16.0 Å². The van der Waals surface area contributed by atoms with E-state index < -0.39 is 17.9 Å². The monoisotopic (exact) mass is 500 g/mol. The molecular formula is C24H28N4O4S2. The lowest BCUT2D eigenvalue weighted by molar-refractivity contribution is -0.139. The molecule has 1 heterocycles. The van der Waals surface area contributed by atoms with Crippen LogP contribution < -0.4 is 21.3 Å². The highest BCUT2D eigenvalue weighted by molar-refractivity contribution is 7.98. The van der Waals surface area contributed by atoms with Gasteiger partial charge in [-0.2, -0.15) is 11.8 Å². The Morgan fingerprint density at radius 2 is 2.00 bits per heavy atom. The van der Waals surface area contributed by atoms with Crippen molar-refractivity contribution < 1.29 is 19.5 Å². The minimum Gasteiger partial charge on any atom is -0.480 e. The van der Waals surface area contributed by atoms with Crippen molar-refractivity contribution in [3.63, 3.8) is 0 Å². The lowest BCUT2D eigenvalue weighted by Crippen LogP contribution is -2.42. The predicted octanol–water partition coefficient (Wildman–Crippen LogP) is 2.85. The van der Waals surface area contributed by atoms with Crippen LogP contribution in [0.2, 0.25) is 0 Å². The van der Waals surface area contributed by atoms with Gasteiger partial charge in [0, 0.05) is 24.2 Å². The Morgan fingerprint density at radius 3 is 2.65 bits per heavy atom. The average Bonchev–Trinajstić information content (AvgIpc) is 3.25. The molecule has 2 aromatic carbocycles. The van der Waals surface area contributed by atoms with Crippen LogP contribution in [0.4, 0.5) is 5.69 Å². The molecule has 2 atom stereocenters. The summed E-state index contributed by atoms with van der Waals surface area (Å²) in [6.07, 6.45) is 3.36. The van der Waals surface area contributed by atoms with Gasteiger partial charge in [0.25, 0.3) is 5.91 Å². The highest BCUT2D eigenvalue weighted by atomic mass is 32.2. The molecule has 10 heteroatoms. The summed E-state index contributed by atoms with van der Waals surface area (Å²) in [4.78, 5) is 36.5. The first-order valence-electron chi connectivity index (χ1n) is 10.9. The second kappa shape index (κ2) is 12.5. The third kappa shape index (κ3) is 7.28. The van der Waals surface area contributed by atoms with E-state index in [9.17, 15) is 19.5 Å². The van der Waals surface area contributed by atoms with Gasteiger partial charge in [0.2, 0.25) is 5.91 Å². The van der Waals surface area contributed by atoms with E-state index in [2.05, 4.69) is 21.3 Å². The molecule has 34 heavy (non-hydrogen) atoms. The number of anilines is 1. The fourth-order valence-electron chi connectivity index (χ4n) is 3.59. The fraction of sp³-hybridized carbons (Fsp3) is 0.333. The number of thioether (sulfide) groups is 1. The highest BCUT2D eigenvalue weighted by Gasteiger charge is 2.23. The molecule has 180 valence electrons. The Balaban J connectivity index is 1.76. The van der Waals surface area contributed by atoms with E-state index in [4.69, 9.17) is 12.2 Å². The number of carbonyl (C=O) groups excluding carboxylic acids is 2. The summed E-state index contributed by atoms with van der Waals surface area (Å²) in [5.41, 5.74) is 2.57. The molecule has 2 aromatic rings. The molecule has 1 saturated heterocycles. The largest absolute Gasteiger partial charge is 0.480 e. The minimum atomic E-state index is -1.06. The average molecular weight is 501 g/mol. The lowest BCUT2D eigenvalue weighted by Gasteiger charge is -2.18. The van der Waals surface area contributed by atoms with E-state index >= 15 is 0 Å². The number of thiocarbonyl (C=S) groups is 1. The van der Waals surface area contributed by atoms with Gasteiger partial charge in [-0.15, -0.1) is 0 Å². The van der Waals surface area contributed by atoms with Crippen molar-refractivity contribution in [2.24, 2.45) is 0 Å². The van der Waals surface area contributed by atoms with Crippen molar-refractivity contribution in [3.8, 4) is 11.1 Å². The van der Waals surface area contributed by atoms with Crippen LogP contribution >= 0.6 is 24.0 Å². The SMILES string of the molecule is CSCC[C@H](NC(=O)c1ccc(NC(=S)CN[C@@H]2CCC(=O)N2)cc1-c1ccccc1)C(=O)O. The van der Waals surface area contributed by atoms with Crippen molar-refractivity contribution >= 4 is 52.4 Å². The molecule has 0 spiro atoms. The molecule has 0 aromatic heterocycles. The van der Waals surface area contributed by atoms with Crippen LogP contribution in [-0.2, 0) is 9.59 Å². The summed E-state index contributed by atoms with van der Waals surface area (Å²) in [5.74, 6) is -0.850. The Morgan fingerprint density at radius 1 is 1.24 bits per heavy atom. The first kappa shape index (κ1) is 25.7. The second-order valence-electron chi connectivity index (χ2n) is 7.86. The third-order valence-electron chi connectivity index (χ3n) is 5.35. The first-order chi connectivity index (χ1) is 16.4. The number of amides is 2. The lowest BCUT2D eigenvalue weighted by atomic mass is 9.98. The van der Waals surface area contributed by atoms with Crippen LogP contribution in [0.25, 0.3) is 11.1 Å². The first-order valence-corrected chi connectivity index (χ1v) is 12.7. The number of hydrogen-bond donors (Lipinski definition) is 5. The third-order valence-corrected chi connectivity index (χ3v) is 6.24. The molecule has 0 saturated carbocycles. The van der Waals surface area contributed by atoms with Crippen molar-refractivity contribution in [1.29, 1.82) is 0 Å². The van der Waals surface area contributed by atoms with Gasteiger partial charge in [0.05, 0.1) is 11.2 Å². The van der Waals surface area contributed by atoms with E-state index in [1.807, 2.05) is 42.7 Å². The molecule has 0 unspecified atom stereocenters. The second-order valence-corrected chi connectivity index (χ2v) is 9.34. The van der Waals surface area contributed by atoms with Gasteiger partial charge in [-0.1, -0.05) is 42.5 Å². The van der Waals surface area contributed by atoms with E-state index in [-0.39, 0.29) is 12.1 Å². The molecule has 1 aliphatic rings. The van der Waals surface area contributed by atoms with E-state index in [0.717, 1.165) is 12.0 Å². The van der Waals surface area contributed by atoms with Crippen LogP contribution in [0.3, 0.4) is 0 Å². The topological polar surface area (TPSA) is 120 Å². The maximum atomic E-state index is 13.1. The molecule has 0 aliphatic carbocycles. The van der Waals surface area contributed by atoms with Gasteiger partial charge in [0.1, 0.15) is 6.04 Å². The summed E-state index contributed by atoms with van der Waals surface area (Å²) in [7, 11) is 0. The zero-order valence-corrected chi connectivity index (χ0v) is 20.4. The predicted molar refractivity (Wildman–Crippen MR) is 139 cm³/mol. The molecule has 0 bridgehead atoms. The van der Waals surface area contributed by atoms with Crippen LogP contribution in [0.15, 0.2) is 48.5 Å². The number of nitrogens with one attached hydrogen (secondary N) is 4. The van der Waals surface area contributed by atoms with E-state index in [1.165, 1.54) is 11.8 Å². The number of carboxylic acids is 1.